The Morgan fingerprint density at radius 1 is 1.42 bits per heavy atom. The zero-order valence-corrected chi connectivity index (χ0v) is 17.4. The highest BCUT2D eigenvalue weighted by atomic mass is 35.5. The maximum Gasteiger partial charge on any atom is 0.420 e. The summed E-state index contributed by atoms with van der Waals surface area (Å²) in [5.74, 6) is -1.16. The number of aromatic nitrogens is 2. The third-order valence-electron chi connectivity index (χ3n) is 4.49. The molecule has 12 heteroatoms. The first-order valence-corrected chi connectivity index (χ1v) is 9.73. The number of benzene rings is 1. The van der Waals surface area contributed by atoms with E-state index >= 15 is 0 Å². The van der Waals surface area contributed by atoms with E-state index in [1.807, 2.05) is 0 Å². The van der Waals surface area contributed by atoms with E-state index in [0.717, 1.165) is 4.57 Å². The Morgan fingerprint density at radius 2 is 2.19 bits per heavy atom. The molecule has 2 atom stereocenters. The third kappa shape index (κ3) is 4.90. The third-order valence-corrected chi connectivity index (χ3v) is 4.78. The Hall–Kier alpha value is -2.86. The molecular weight excluding hydrogens is 434 g/mol. The first kappa shape index (κ1) is 22.8. The van der Waals surface area contributed by atoms with Crippen LogP contribution in [0.25, 0.3) is 11.1 Å². The van der Waals surface area contributed by atoms with Gasteiger partial charge in [0.2, 0.25) is 5.89 Å². The summed E-state index contributed by atoms with van der Waals surface area (Å²) in [4.78, 5) is 28.7. The number of aliphatic hydroxyl groups is 2. The normalized spacial score (nSPS) is 14.4. The molecule has 0 saturated heterocycles. The number of carbonyl (C=O) groups is 1. The second-order valence-corrected chi connectivity index (χ2v) is 7.27. The molecule has 1 aromatic carbocycles. The van der Waals surface area contributed by atoms with Crippen molar-refractivity contribution in [3.63, 3.8) is 0 Å². The van der Waals surface area contributed by atoms with Gasteiger partial charge in [0, 0.05) is 19.1 Å². The number of carbonyl (C=O) groups excluding carboxylic acids is 1. The quantitative estimate of drug-likeness (QED) is 0.296. The van der Waals surface area contributed by atoms with Crippen molar-refractivity contribution in [1.29, 1.82) is 0 Å². The minimum absolute atomic E-state index is 0.0788. The molecule has 2 heterocycles. The summed E-state index contributed by atoms with van der Waals surface area (Å²) in [5.41, 5.74) is 4.48. The maximum absolute atomic E-state index is 12.4. The molecule has 11 nitrogen and oxygen atoms in total. The monoisotopic (exact) mass is 455 g/mol. The van der Waals surface area contributed by atoms with Crippen LogP contribution in [0, 0.1) is 0 Å². The molecule has 3 rings (SSSR count). The van der Waals surface area contributed by atoms with Crippen LogP contribution in [-0.2, 0) is 16.1 Å². The lowest BCUT2D eigenvalue weighted by Gasteiger charge is -2.25. The van der Waals surface area contributed by atoms with Gasteiger partial charge in [0.1, 0.15) is 12.0 Å². The minimum atomic E-state index is -1.91. The summed E-state index contributed by atoms with van der Waals surface area (Å²) >= 11 is 6.31. The van der Waals surface area contributed by atoms with Crippen molar-refractivity contribution in [2.75, 3.05) is 19.8 Å². The average Bonchev–Trinajstić information content (AvgIpc) is 3.37. The molecule has 4 N–H and O–H groups in total. The maximum atomic E-state index is 12.4. The fourth-order valence-corrected chi connectivity index (χ4v) is 3.02. The summed E-state index contributed by atoms with van der Waals surface area (Å²) < 4.78 is 22.2. The number of hydrogen-bond acceptors (Lipinski definition) is 10. The zero-order valence-electron chi connectivity index (χ0n) is 16.6. The van der Waals surface area contributed by atoms with Crippen molar-refractivity contribution in [2.45, 2.75) is 31.5 Å². The lowest BCUT2D eigenvalue weighted by Crippen LogP contribution is -2.56. The van der Waals surface area contributed by atoms with Crippen molar-refractivity contribution in [2.24, 2.45) is 5.73 Å². The van der Waals surface area contributed by atoms with E-state index in [1.54, 1.807) is 6.92 Å². The predicted octanol–water partition coefficient (Wildman–Crippen LogP) is 0.991. The SMILES string of the molecule is CC(Oc1cc2oc(=O)n(CC(N)(CO)C(=O)OCCCO)c2cc1Cl)c1ncco1. The van der Waals surface area contributed by atoms with E-state index in [0.29, 0.717) is 5.89 Å². The van der Waals surface area contributed by atoms with Crippen LogP contribution < -0.4 is 16.2 Å². The van der Waals surface area contributed by atoms with E-state index in [2.05, 4.69) is 4.98 Å². The van der Waals surface area contributed by atoms with E-state index in [9.17, 15) is 14.7 Å². The standard InChI is InChI=1S/C19H22ClN3O8/c1-11(16-22-3-6-28-16)30-14-8-15-13(7-12(14)20)23(18(27)31-15)9-19(21,10-25)17(26)29-5-2-4-24/h3,6-8,11,24-25H,2,4-5,9-10,21H2,1H3. The lowest BCUT2D eigenvalue weighted by molar-refractivity contribution is -0.152. The molecule has 0 saturated carbocycles. The number of fused-ring (bicyclic) bond motifs is 1. The second-order valence-electron chi connectivity index (χ2n) is 6.86. The molecule has 0 aliphatic heterocycles. The van der Waals surface area contributed by atoms with Crippen LogP contribution in [0.5, 0.6) is 5.75 Å². The molecule has 0 radical (unpaired) electrons. The number of nitrogens with zero attached hydrogens (tertiary/aromatic N) is 2. The molecule has 168 valence electrons. The summed E-state index contributed by atoms with van der Waals surface area (Å²) in [7, 11) is 0. The van der Waals surface area contributed by atoms with E-state index < -0.39 is 36.5 Å². The Morgan fingerprint density at radius 3 is 2.84 bits per heavy atom. The van der Waals surface area contributed by atoms with Gasteiger partial charge in [-0.05, 0) is 13.0 Å². The largest absolute Gasteiger partial charge is 0.479 e. The van der Waals surface area contributed by atoms with Crippen LogP contribution in [0.4, 0.5) is 0 Å². The van der Waals surface area contributed by atoms with Gasteiger partial charge < -0.3 is 34.3 Å². The van der Waals surface area contributed by atoms with Crippen molar-refractivity contribution < 1.29 is 33.3 Å². The van der Waals surface area contributed by atoms with Crippen LogP contribution in [0.3, 0.4) is 0 Å². The van der Waals surface area contributed by atoms with E-state index in [4.69, 9.17) is 40.7 Å². The summed E-state index contributed by atoms with van der Waals surface area (Å²) in [5, 5.41) is 18.6. The number of hydrogen-bond donors (Lipinski definition) is 3. The van der Waals surface area contributed by atoms with Gasteiger partial charge in [0.15, 0.2) is 17.2 Å². The van der Waals surface area contributed by atoms with Crippen molar-refractivity contribution in [1.82, 2.24) is 9.55 Å². The van der Waals surface area contributed by atoms with Crippen LogP contribution in [0.1, 0.15) is 25.3 Å². The van der Waals surface area contributed by atoms with Gasteiger partial charge in [0.05, 0.1) is 36.5 Å². The number of ether oxygens (including phenoxy) is 2. The predicted molar refractivity (Wildman–Crippen MR) is 108 cm³/mol. The van der Waals surface area contributed by atoms with Gasteiger partial charge in [-0.15, -0.1) is 0 Å². The summed E-state index contributed by atoms with van der Waals surface area (Å²) in [6.07, 6.45) is 2.55. The molecule has 0 aliphatic rings. The van der Waals surface area contributed by atoms with Crippen molar-refractivity contribution in [3.05, 3.63) is 46.1 Å². The Kier molecular flexibility index (Phi) is 7.01. The highest BCUT2D eigenvalue weighted by Crippen LogP contribution is 2.33. The molecule has 2 unspecified atom stereocenters. The fourth-order valence-electron chi connectivity index (χ4n) is 2.81. The number of halogens is 1. The van der Waals surface area contributed by atoms with Gasteiger partial charge in [-0.3, -0.25) is 4.57 Å². The molecule has 0 amide bonds. The molecule has 0 fully saturated rings. The summed E-state index contributed by atoms with van der Waals surface area (Å²) in [6.45, 7) is 0.251. The molecule has 2 aromatic heterocycles. The molecular formula is C19H22ClN3O8. The smallest absolute Gasteiger partial charge is 0.420 e. The van der Waals surface area contributed by atoms with Crippen LogP contribution in [0.2, 0.25) is 5.02 Å². The summed E-state index contributed by atoms with van der Waals surface area (Å²) in [6, 6.07) is 2.85. The van der Waals surface area contributed by atoms with Gasteiger partial charge in [-0.1, -0.05) is 11.6 Å². The number of rotatable bonds is 10. The van der Waals surface area contributed by atoms with Crippen LogP contribution in [0.15, 0.2) is 38.2 Å². The van der Waals surface area contributed by atoms with Crippen molar-refractivity contribution >= 4 is 28.7 Å². The van der Waals surface area contributed by atoms with Crippen LogP contribution in [-0.4, -0.2) is 51.1 Å². The van der Waals surface area contributed by atoms with Crippen molar-refractivity contribution in [3.8, 4) is 5.75 Å². The Balaban J connectivity index is 1.88. The highest BCUT2D eigenvalue weighted by Gasteiger charge is 2.37. The van der Waals surface area contributed by atoms with Gasteiger partial charge in [0.25, 0.3) is 0 Å². The molecule has 0 spiro atoms. The first-order valence-electron chi connectivity index (χ1n) is 9.36. The van der Waals surface area contributed by atoms with Gasteiger partial charge in [-0.25, -0.2) is 14.6 Å². The molecule has 0 aliphatic carbocycles. The highest BCUT2D eigenvalue weighted by molar-refractivity contribution is 6.32. The van der Waals surface area contributed by atoms with Gasteiger partial charge >= 0.3 is 11.7 Å². The molecule has 31 heavy (non-hydrogen) atoms. The molecule has 0 bridgehead atoms. The van der Waals surface area contributed by atoms with Crippen LogP contribution >= 0.6 is 11.6 Å². The second kappa shape index (κ2) is 9.52. The first-order chi connectivity index (χ1) is 14.8. The van der Waals surface area contributed by atoms with E-state index in [-0.39, 0.29) is 41.5 Å². The zero-order chi connectivity index (χ0) is 22.6. The Bertz CT molecular complexity index is 1090. The number of oxazole rings is 2. The topological polar surface area (TPSA) is 163 Å². The number of nitrogens with two attached hydrogens (primary N) is 1. The Labute approximate surface area is 180 Å². The average molecular weight is 456 g/mol. The fraction of sp³-hybridized carbons (Fsp3) is 0.421. The van der Waals surface area contributed by atoms with Gasteiger partial charge in [-0.2, -0.15) is 0 Å². The lowest BCUT2D eigenvalue weighted by atomic mass is 10.0. The minimum Gasteiger partial charge on any atom is -0.479 e. The molecule has 3 aromatic rings. The number of esters is 1. The van der Waals surface area contributed by atoms with E-state index in [1.165, 1.54) is 24.6 Å². The number of aliphatic hydroxyl groups excluding tert-OH is 2.